The molecule has 1 aromatic heterocycles. The smallest absolute Gasteiger partial charge is 0.290 e. The van der Waals surface area contributed by atoms with Crippen LogP contribution in [-0.4, -0.2) is 53.6 Å². The maximum Gasteiger partial charge on any atom is 0.290 e. The van der Waals surface area contributed by atoms with Gasteiger partial charge in [-0.1, -0.05) is 24.3 Å². The van der Waals surface area contributed by atoms with Crippen LogP contribution in [0.2, 0.25) is 0 Å². The molecule has 8 heteroatoms. The standard InChI is InChI=1S/C20H23N3O4.ClH/c24-17-11-21-9-15(17)10-22-19(25)16-8-13-4-1-2-5-14(13)12-23(16)20(26)18-6-3-7-27-18;/h1-7,15-17,21,24H,8-12H2,(H,22,25);1H. The van der Waals surface area contributed by atoms with Crippen LogP contribution in [0.25, 0.3) is 0 Å². The zero-order chi connectivity index (χ0) is 18.8. The first kappa shape index (κ1) is 20.4. The summed E-state index contributed by atoms with van der Waals surface area (Å²) in [6, 6.07) is 10.5. The highest BCUT2D eigenvalue weighted by Gasteiger charge is 2.36. The molecule has 2 aliphatic rings. The summed E-state index contributed by atoms with van der Waals surface area (Å²) in [5.41, 5.74) is 2.11. The molecule has 3 N–H and O–H groups in total. The first-order valence-corrected chi connectivity index (χ1v) is 9.21. The Morgan fingerprint density at radius 2 is 1.96 bits per heavy atom. The molecule has 4 rings (SSSR count). The molecule has 3 atom stereocenters. The van der Waals surface area contributed by atoms with Gasteiger partial charge >= 0.3 is 0 Å². The van der Waals surface area contributed by atoms with Crippen LogP contribution in [0.3, 0.4) is 0 Å². The number of β-amino-alcohol motifs (C(OH)–C–C–N with tert-alkyl or cyclic N) is 1. The molecule has 0 radical (unpaired) electrons. The molecule has 0 saturated carbocycles. The van der Waals surface area contributed by atoms with Crippen molar-refractivity contribution in [1.82, 2.24) is 15.5 Å². The summed E-state index contributed by atoms with van der Waals surface area (Å²) in [6.07, 6.45) is 1.45. The molecule has 7 nitrogen and oxygen atoms in total. The second-order valence-corrected chi connectivity index (χ2v) is 7.13. The number of furan rings is 1. The van der Waals surface area contributed by atoms with Crippen LogP contribution < -0.4 is 10.6 Å². The van der Waals surface area contributed by atoms with Crippen molar-refractivity contribution in [2.24, 2.45) is 5.92 Å². The predicted molar refractivity (Wildman–Crippen MR) is 105 cm³/mol. The third-order valence-corrected chi connectivity index (χ3v) is 5.39. The normalized spacial score (nSPS) is 23.6. The zero-order valence-corrected chi connectivity index (χ0v) is 16.2. The van der Waals surface area contributed by atoms with Gasteiger partial charge in [0.1, 0.15) is 6.04 Å². The Balaban J connectivity index is 0.00000225. The number of hydrogen-bond donors (Lipinski definition) is 3. The summed E-state index contributed by atoms with van der Waals surface area (Å²) in [7, 11) is 0. The highest BCUT2D eigenvalue weighted by molar-refractivity contribution is 5.96. The van der Waals surface area contributed by atoms with Crippen molar-refractivity contribution in [2.75, 3.05) is 19.6 Å². The van der Waals surface area contributed by atoms with Crippen molar-refractivity contribution in [3.8, 4) is 0 Å². The summed E-state index contributed by atoms with van der Waals surface area (Å²) >= 11 is 0. The number of nitrogens with zero attached hydrogens (tertiary/aromatic N) is 1. The summed E-state index contributed by atoms with van der Waals surface area (Å²) in [5.74, 6) is -0.289. The first-order chi connectivity index (χ1) is 13.1. The largest absolute Gasteiger partial charge is 0.459 e. The van der Waals surface area contributed by atoms with Crippen LogP contribution in [0.5, 0.6) is 0 Å². The highest BCUT2D eigenvalue weighted by atomic mass is 35.5. The minimum absolute atomic E-state index is 0. The zero-order valence-electron chi connectivity index (χ0n) is 15.3. The third kappa shape index (κ3) is 4.06. The van der Waals surface area contributed by atoms with Gasteiger partial charge in [-0.25, -0.2) is 0 Å². The van der Waals surface area contributed by atoms with Crippen LogP contribution in [0, 0.1) is 5.92 Å². The molecule has 1 aromatic carbocycles. The van der Waals surface area contributed by atoms with Gasteiger partial charge in [-0.2, -0.15) is 0 Å². The van der Waals surface area contributed by atoms with Gasteiger partial charge in [0, 0.05) is 38.5 Å². The van der Waals surface area contributed by atoms with Gasteiger partial charge in [0.15, 0.2) is 5.76 Å². The molecule has 2 aromatic rings. The molecule has 0 bridgehead atoms. The van der Waals surface area contributed by atoms with Crippen LogP contribution in [0.4, 0.5) is 0 Å². The molecule has 0 spiro atoms. The van der Waals surface area contributed by atoms with E-state index in [-0.39, 0.29) is 35.9 Å². The van der Waals surface area contributed by atoms with E-state index in [0.29, 0.717) is 32.6 Å². The van der Waals surface area contributed by atoms with Crippen LogP contribution >= 0.6 is 12.4 Å². The van der Waals surface area contributed by atoms with E-state index in [2.05, 4.69) is 10.6 Å². The minimum atomic E-state index is -0.607. The molecular weight excluding hydrogens is 382 g/mol. The van der Waals surface area contributed by atoms with E-state index in [1.54, 1.807) is 17.0 Å². The lowest BCUT2D eigenvalue weighted by Crippen LogP contribution is -2.53. The van der Waals surface area contributed by atoms with Gasteiger partial charge in [0.05, 0.1) is 12.4 Å². The second-order valence-electron chi connectivity index (χ2n) is 7.13. The number of aliphatic hydroxyl groups is 1. The average molecular weight is 406 g/mol. The Kier molecular flexibility index (Phi) is 6.39. The van der Waals surface area contributed by atoms with E-state index in [4.69, 9.17) is 4.42 Å². The number of halogens is 1. The quantitative estimate of drug-likeness (QED) is 0.704. The molecule has 150 valence electrons. The summed E-state index contributed by atoms with van der Waals surface area (Å²) in [4.78, 5) is 27.4. The lowest BCUT2D eigenvalue weighted by atomic mass is 9.93. The number of amides is 2. The molecule has 28 heavy (non-hydrogen) atoms. The van der Waals surface area contributed by atoms with E-state index in [0.717, 1.165) is 11.1 Å². The van der Waals surface area contributed by atoms with E-state index in [1.807, 2.05) is 24.3 Å². The number of aliphatic hydroxyl groups excluding tert-OH is 1. The molecule has 3 unspecified atom stereocenters. The molecular formula is C20H24ClN3O4. The van der Waals surface area contributed by atoms with E-state index in [9.17, 15) is 14.7 Å². The van der Waals surface area contributed by atoms with Gasteiger partial charge in [-0.3, -0.25) is 9.59 Å². The molecule has 1 saturated heterocycles. The summed E-state index contributed by atoms with van der Waals surface area (Å²) in [5, 5.41) is 15.9. The Bertz CT molecular complexity index is 827. The summed E-state index contributed by atoms with van der Waals surface area (Å²) < 4.78 is 5.26. The Morgan fingerprint density at radius 1 is 1.18 bits per heavy atom. The molecule has 0 aliphatic carbocycles. The van der Waals surface area contributed by atoms with Crippen LogP contribution in [-0.2, 0) is 17.8 Å². The van der Waals surface area contributed by atoms with Crippen molar-refractivity contribution in [1.29, 1.82) is 0 Å². The number of rotatable bonds is 4. The number of nitrogens with one attached hydrogen (secondary N) is 2. The van der Waals surface area contributed by atoms with Gasteiger partial charge < -0.3 is 25.1 Å². The minimum Gasteiger partial charge on any atom is -0.459 e. The Hall–Kier alpha value is -2.35. The molecule has 3 heterocycles. The number of benzene rings is 1. The van der Waals surface area contributed by atoms with Crippen molar-refractivity contribution >= 4 is 24.2 Å². The lowest BCUT2D eigenvalue weighted by molar-refractivity contribution is -0.126. The van der Waals surface area contributed by atoms with E-state index >= 15 is 0 Å². The van der Waals surface area contributed by atoms with Crippen LogP contribution in [0.1, 0.15) is 21.7 Å². The third-order valence-electron chi connectivity index (χ3n) is 5.39. The molecule has 2 aliphatic heterocycles. The fourth-order valence-electron chi connectivity index (χ4n) is 3.79. The topological polar surface area (TPSA) is 94.8 Å². The van der Waals surface area contributed by atoms with Crippen molar-refractivity contribution in [3.05, 3.63) is 59.5 Å². The SMILES string of the molecule is Cl.O=C(NCC1CNCC1O)C1Cc2ccccc2CN1C(=O)c1ccco1. The van der Waals surface area contributed by atoms with Gasteiger partial charge in [0.25, 0.3) is 5.91 Å². The molecule has 1 fully saturated rings. The van der Waals surface area contributed by atoms with Crippen LogP contribution in [0.15, 0.2) is 47.1 Å². The Labute approximate surface area is 169 Å². The fourth-order valence-corrected chi connectivity index (χ4v) is 3.79. The van der Waals surface area contributed by atoms with Crippen molar-refractivity contribution in [2.45, 2.75) is 25.1 Å². The number of carbonyl (C=O) groups excluding carboxylic acids is 2. The monoisotopic (exact) mass is 405 g/mol. The van der Waals surface area contributed by atoms with Gasteiger partial charge in [-0.05, 0) is 23.3 Å². The number of carbonyl (C=O) groups is 2. The van der Waals surface area contributed by atoms with Crippen molar-refractivity contribution in [3.63, 3.8) is 0 Å². The maximum absolute atomic E-state index is 12.9. The molecule has 2 amide bonds. The fraction of sp³-hybridized carbons (Fsp3) is 0.400. The van der Waals surface area contributed by atoms with Crippen molar-refractivity contribution < 1.29 is 19.1 Å². The van der Waals surface area contributed by atoms with Gasteiger partial charge in [-0.15, -0.1) is 12.4 Å². The number of fused-ring (bicyclic) bond motifs is 1. The van der Waals surface area contributed by atoms with E-state index < -0.39 is 12.1 Å². The average Bonchev–Trinajstić information content (AvgIpc) is 3.36. The number of hydrogen-bond acceptors (Lipinski definition) is 5. The van der Waals surface area contributed by atoms with E-state index in [1.165, 1.54) is 6.26 Å². The second kappa shape index (κ2) is 8.77. The van der Waals surface area contributed by atoms with Gasteiger partial charge in [0.2, 0.25) is 5.91 Å². The summed E-state index contributed by atoms with van der Waals surface area (Å²) in [6.45, 7) is 1.96. The Morgan fingerprint density at radius 3 is 2.64 bits per heavy atom. The first-order valence-electron chi connectivity index (χ1n) is 9.21. The maximum atomic E-state index is 12.9. The lowest BCUT2D eigenvalue weighted by Gasteiger charge is -2.35. The predicted octanol–water partition coefficient (Wildman–Crippen LogP) is 0.965. The highest BCUT2D eigenvalue weighted by Crippen LogP contribution is 2.25.